The van der Waals surface area contributed by atoms with Crippen molar-refractivity contribution in [2.75, 3.05) is 32.7 Å². The number of likely N-dealkylation sites (tertiary alicyclic amines) is 1. The van der Waals surface area contributed by atoms with Gasteiger partial charge in [0.1, 0.15) is 5.69 Å². The summed E-state index contributed by atoms with van der Waals surface area (Å²) in [5, 5.41) is 5.56. The highest BCUT2D eigenvalue weighted by atomic mass is 16.2. The lowest BCUT2D eigenvalue weighted by Gasteiger charge is -2.33. The molecule has 0 saturated carbocycles. The molecule has 0 radical (unpaired) electrons. The SMILES string of the molecule is O=C1c2c3ccccc3nn2CCN1CCCN1CCC(c2ccccc2)CC1. The lowest BCUT2D eigenvalue weighted by Crippen LogP contribution is -2.42. The highest BCUT2D eigenvalue weighted by Crippen LogP contribution is 2.28. The van der Waals surface area contributed by atoms with Crippen molar-refractivity contribution in [3.8, 4) is 0 Å². The summed E-state index contributed by atoms with van der Waals surface area (Å²) in [4.78, 5) is 17.6. The zero-order valence-corrected chi connectivity index (χ0v) is 16.8. The van der Waals surface area contributed by atoms with E-state index in [-0.39, 0.29) is 5.91 Å². The number of piperidine rings is 1. The topological polar surface area (TPSA) is 41.4 Å². The van der Waals surface area contributed by atoms with Crippen LogP contribution in [-0.2, 0) is 6.54 Å². The van der Waals surface area contributed by atoms with Crippen LogP contribution in [0.2, 0.25) is 0 Å². The Morgan fingerprint density at radius 2 is 1.62 bits per heavy atom. The van der Waals surface area contributed by atoms with Crippen molar-refractivity contribution >= 4 is 16.8 Å². The second-order valence-corrected chi connectivity index (χ2v) is 8.26. The number of carbonyl (C=O) groups excluding carboxylic acids is 1. The quantitative estimate of drug-likeness (QED) is 0.668. The first kappa shape index (κ1) is 18.4. The maximum absolute atomic E-state index is 13.0. The Labute approximate surface area is 171 Å². The Kier molecular flexibility index (Phi) is 5.06. The molecule has 1 fully saturated rings. The first-order valence-corrected chi connectivity index (χ1v) is 10.8. The van der Waals surface area contributed by atoms with Gasteiger partial charge in [0, 0.05) is 18.5 Å². The molecule has 150 valence electrons. The molecule has 29 heavy (non-hydrogen) atoms. The van der Waals surface area contributed by atoms with Crippen LogP contribution < -0.4 is 0 Å². The molecular formula is C24H28N4O. The van der Waals surface area contributed by atoms with Crippen LogP contribution >= 0.6 is 0 Å². The first-order chi connectivity index (χ1) is 14.3. The normalized spacial score (nSPS) is 18.3. The van der Waals surface area contributed by atoms with Gasteiger partial charge in [-0.15, -0.1) is 0 Å². The van der Waals surface area contributed by atoms with E-state index in [0.29, 0.717) is 5.92 Å². The van der Waals surface area contributed by atoms with Gasteiger partial charge in [-0.3, -0.25) is 9.48 Å². The lowest BCUT2D eigenvalue weighted by molar-refractivity contribution is 0.0689. The van der Waals surface area contributed by atoms with Gasteiger partial charge in [-0.25, -0.2) is 0 Å². The Morgan fingerprint density at radius 3 is 2.45 bits per heavy atom. The largest absolute Gasteiger partial charge is 0.335 e. The molecule has 0 spiro atoms. The minimum atomic E-state index is 0.132. The number of hydrogen-bond donors (Lipinski definition) is 0. The van der Waals surface area contributed by atoms with Gasteiger partial charge < -0.3 is 9.80 Å². The van der Waals surface area contributed by atoms with Gasteiger partial charge >= 0.3 is 0 Å². The van der Waals surface area contributed by atoms with Crippen molar-refractivity contribution in [1.82, 2.24) is 19.6 Å². The van der Waals surface area contributed by atoms with Crippen molar-refractivity contribution in [1.29, 1.82) is 0 Å². The van der Waals surface area contributed by atoms with E-state index in [9.17, 15) is 4.79 Å². The summed E-state index contributed by atoms with van der Waals surface area (Å²) in [6, 6.07) is 18.9. The molecule has 3 aromatic rings. The second kappa shape index (κ2) is 7.99. The Balaban J connectivity index is 1.14. The van der Waals surface area contributed by atoms with E-state index < -0.39 is 0 Å². The van der Waals surface area contributed by atoms with Gasteiger partial charge in [0.05, 0.1) is 12.1 Å². The Hall–Kier alpha value is -2.66. The van der Waals surface area contributed by atoms with Crippen LogP contribution in [0, 0.1) is 0 Å². The molecule has 0 unspecified atom stereocenters. The van der Waals surface area contributed by atoms with Gasteiger partial charge in [-0.05, 0) is 56.4 Å². The summed E-state index contributed by atoms with van der Waals surface area (Å²) in [5.41, 5.74) is 3.16. The fraction of sp³-hybridized carbons (Fsp3) is 0.417. The van der Waals surface area contributed by atoms with Gasteiger partial charge in [-0.2, -0.15) is 5.10 Å². The third-order valence-electron chi connectivity index (χ3n) is 6.48. The lowest BCUT2D eigenvalue weighted by atomic mass is 9.89. The van der Waals surface area contributed by atoms with Crippen molar-refractivity contribution in [3.63, 3.8) is 0 Å². The number of carbonyl (C=O) groups is 1. The molecule has 0 bridgehead atoms. The zero-order chi connectivity index (χ0) is 19.6. The van der Waals surface area contributed by atoms with E-state index in [0.717, 1.165) is 62.3 Å². The Bertz CT molecular complexity index is 989. The molecule has 0 aliphatic carbocycles. The van der Waals surface area contributed by atoms with E-state index in [2.05, 4.69) is 40.3 Å². The van der Waals surface area contributed by atoms with Crippen molar-refractivity contribution in [2.24, 2.45) is 0 Å². The minimum Gasteiger partial charge on any atom is -0.335 e. The number of hydrogen-bond acceptors (Lipinski definition) is 3. The van der Waals surface area contributed by atoms with Gasteiger partial charge in [0.25, 0.3) is 5.91 Å². The van der Waals surface area contributed by atoms with Crippen molar-refractivity contribution in [3.05, 3.63) is 65.9 Å². The second-order valence-electron chi connectivity index (χ2n) is 8.26. The van der Waals surface area contributed by atoms with E-state index in [1.54, 1.807) is 0 Å². The minimum absolute atomic E-state index is 0.132. The van der Waals surface area contributed by atoms with Crippen LogP contribution in [0.1, 0.15) is 41.2 Å². The monoisotopic (exact) mass is 388 g/mol. The first-order valence-electron chi connectivity index (χ1n) is 10.8. The molecule has 2 aromatic carbocycles. The molecule has 1 aromatic heterocycles. The number of nitrogens with zero attached hydrogens (tertiary/aromatic N) is 4. The summed E-state index contributed by atoms with van der Waals surface area (Å²) in [6.45, 7) is 5.77. The number of fused-ring (bicyclic) bond motifs is 3. The smallest absolute Gasteiger partial charge is 0.272 e. The van der Waals surface area contributed by atoms with Crippen LogP contribution in [0.15, 0.2) is 54.6 Å². The molecule has 0 N–H and O–H groups in total. The van der Waals surface area contributed by atoms with E-state index in [4.69, 9.17) is 0 Å². The van der Waals surface area contributed by atoms with Crippen LogP contribution in [-0.4, -0.2) is 58.2 Å². The van der Waals surface area contributed by atoms with E-state index in [1.807, 2.05) is 33.8 Å². The van der Waals surface area contributed by atoms with Gasteiger partial charge in [0.2, 0.25) is 0 Å². The molecular weight excluding hydrogens is 360 g/mol. The fourth-order valence-electron chi connectivity index (χ4n) is 4.85. The standard InChI is InChI=1S/C24H28N4O/c29-24-23-21-9-4-5-10-22(21)25-28(23)18-17-27(24)14-6-13-26-15-11-20(12-16-26)19-7-2-1-3-8-19/h1-5,7-10,20H,6,11-18H2. The average Bonchev–Trinajstić information content (AvgIpc) is 3.16. The summed E-state index contributed by atoms with van der Waals surface area (Å²) in [6.07, 6.45) is 3.50. The van der Waals surface area contributed by atoms with E-state index >= 15 is 0 Å². The highest BCUT2D eigenvalue weighted by molar-refractivity contribution is 6.05. The predicted octanol–water partition coefficient (Wildman–Crippen LogP) is 3.76. The van der Waals surface area contributed by atoms with Crippen LogP contribution in [0.5, 0.6) is 0 Å². The van der Waals surface area contributed by atoms with Crippen LogP contribution in [0.4, 0.5) is 0 Å². The molecule has 1 amide bonds. The number of aromatic nitrogens is 2. The molecule has 5 heteroatoms. The van der Waals surface area contributed by atoms with Crippen LogP contribution in [0.25, 0.3) is 10.9 Å². The molecule has 2 aliphatic heterocycles. The molecule has 1 saturated heterocycles. The number of rotatable bonds is 5. The Morgan fingerprint density at radius 1 is 0.862 bits per heavy atom. The molecule has 5 nitrogen and oxygen atoms in total. The van der Waals surface area contributed by atoms with Crippen molar-refractivity contribution < 1.29 is 4.79 Å². The van der Waals surface area contributed by atoms with Gasteiger partial charge in [-0.1, -0.05) is 48.5 Å². The molecule has 0 atom stereocenters. The maximum atomic E-state index is 13.0. The average molecular weight is 389 g/mol. The maximum Gasteiger partial charge on any atom is 0.272 e. The van der Waals surface area contributed by atoms with E-state index in [1.165, 1.54) is 18.4 Å². The molecule has 5 rings (SSSR count). The summed E-state index contributed by atoms with van der Waals surface area (Å²) < 4.78 is 1.89. The molecule has 2 aliphatic rings. The van der Waals surface area contributed by atoms with Crippen LogP contribution in [0.3, 0.4) is 0 Å². The summed E-state index contributed by atoms with van der Waals surface area (Å²) in [7, 11) is 0. The zero-order valence-electron chi connectivity index (χ0n) is 16.8. The van der Waals surface area contributed by atoms with Crippen molar-refractivity contribution in [2.45, 2.75) is 31.7 Å². The third-order valence-corrected chi connectivity index (χ3v) is 6.48. The number of amides is 1. The third kappa shape index (κ3) is 3.67. The van der Waals surface area contributed by atoms with Gasteiger partial charge in [0.15, 0.2) is 0 Å². The molecule has 3 heterocycles. The predicted molar refractivity (Wildman–Crippen MR) is 115 cm³/mol. The summed E-state index contributed by atoms with van der Waals surface area (Å²) >= 11 is 0. The highest BCUT2D eigenvalue weighted by Gasteiger charge is 2.28. The summed E-state index contributed by atoms with van der Waals surface area (Å²) in [5.74, 6) is 0.831. The fourth-order valence-corrected chi connectivity index (χ4v) is 4.85. The number of benzene rings is 2.